The van der Waals surface area contributed by atoms with Crippen molar-refractivity contribution in [2.24, 2.45) is 0 Å². The molecule has 0 aliphatic rings. The van der Waals surface area contributed by atoms with E-state index >= 15 is 0 Å². The molecule has 0 fully saturated rings. The van der Waals surface area contributed by atoms with Gasteiger partial charge < -0.3 is 5.11 Å². The number of fused-ring (bicyclic) bond motifs is 1. The average molecular weight is 983 g/mol. The van der Waals surface area contributed by atoms with Crippen LogP contribution in [0.25, 0.3) is 83.9 Å². The number of para-hydroxylation sites is 2. The van der Waals surface area contributed by atoms with Crippen molar-refractivity contribution in [2.45, 2.75) is 52.2 Å². The molecule has 0 bridgehead atoms. The molecule has 0 aliphatic carbocycles. The Labute approximate surface area is 386 Å². The number of aromatic hydroxyl groups is 1. The van der Waals surface area contributed by atoms with Crippen molar-refractivity contribution in [3.8, 4) is 78.6 Å². The number of hydrogen-bond donors (Lipinski definition) is 1. The van der Waals surface area contributed by atoms with Crippen molar-refractivity contribution in [1.82, 2.24) is 14.5 Å². The first-order valence-corrected chi connectivity index (χ1v) is 19.9. The van der Waals surface area contributed by atoms with Crippen LogP contribution in [0.2, 0.25) is 0 Å². The molecule has 0 saturated heterocycles. The summed E-state index contributed by atoms with van der Waals surface area (Å²) < 4.78 is 75.7. The van der Waals surface area contributed by atoms with E-state index in [0.29, 0.717) is 39.3 Å². The molecule has 0 aliphatic heterocycles. The first-order chi connectivity index (χ1) is 32.7. The molecule has 0 atom stereocenters. The minimum Gasteiger partial charge on any atom is -0.507 e. The van der Waals surface area contributed by atoms with Gasteiger partial charge in [-0.05, 0) is 86.2 Å². The molecule has 5 heteroatoms. The third-order valence-corrected chi connectivity index (χ3v) is 10.9. The van der Waals surface area contributed by atoms with Crippen LogP contribution >= 0.6 is 0 Å². The second kappa shape index (κ2) is 16.6. The zero-order chi connectivity index (χ0) is 49.1. The van der Waals surface area contributed by atoms with Crippen LogP contribution in [0, 0.1) is 6.07 Å². The summed E-state index contributed by atoms with van der Waals surface area (Å²) in [5.41, 5.74) is 8.62. The number of aromatic nitrogens is 3. The SMILES string of the molecule is [2H]C([2H])([2H])C(c1ccc(-c2ccnc(-c3[c-]c(-c4cccc5c4nc(-c4ccccc4O)n5-c4ccc(-c5ccccc5)c(C(C)(C)C)c4)cc(-c4ccccc4)c3)c2)cc1)(C([2H])([2H])[2H])C([2H])([2H])[2H].[Pt]. The standard InChI is InChI=1S/C56H48N3O.Pt/c1-55(2,3)44-26-24-38(25-27-44)40-30-31-57-50(35-40)43-33-41(37-16-9-7-10-17-37)32-42(34-43)47-21-15-22-51-53(47)58-54(48-20-13-14-23-52(48)60)59(51)45-28-29-46(39-18-11-8-12-19-39)49(36-45)56(4,5)6;/h7-33,35-36,60H,1-6H3;/q-1;/i1D3,2D3,3D3;. The third kappa shape index (κ3) is 8.26. The van der Waals surface area contributed by atoms with Crippen molar-refractivity contribution in [3.05, 3.63) is 193 Å². The Morgan fingerprint density at radius 1 is 0.557 bits per heavy atom. The number of benzene rings is 7. The zero-order valence-electron chi connectivity index (χ0n) is 42.8. The average Bonchev–Trinajstić information content (AvgIpc) is 3.70. The minimum atomic E-state index is -3.37. The van der Waals surface area contributed by atoms with E-state index in [1.807, 2.05) is 91.0 Å². The summed E-state index contributed by atoms with van der Waals surface area (Å²) in [6.07, 6.45) is 1.65. The van der Waals surface area contributed by atoms with Crippen molar-refractivity contribution in [2.75, 3.05) is 0 Å². The van der Waals surface area contributed by atoms with Gasteiger partial charge in [0.05, 0.1) is 16.6 Å². The van der Waals surface area contributed by atoms with Gasteiger partial charge >= 0.3 is 0 Å². The van der Waals surface area contributed by atoms with E-state index in [1.165, 1.54) is 12.1 Å². The maximum absolute atomic E-state index is 11.4. The second-order valence-electron chi connectivity index (χ2n) is 16.1. The van der Waals surface area contributed by atoms with Crippen LogP contribution in [0.1, 0.15) is 64.8 Å². The van der Waals surface area contributed by atoms with Crippen LogP contribution in [-0.2, 0) is 31.9 Å². The molecule has 1 N–H and O–H groups in total. The molecule has 61 heavy (non-hydrogen) atoms. The third-order valence-electron chi connectivity index (χ3n) is 10.9. The maximum Gasteiger partial charge on any atom is 0.148 e. The van der Waals surface area contributed by atoms with Gasteiger partial charge in [0, 0.05) is 51.0 Å². The molecule has 0 amide bonds. The quantitative estimate of drug-likeness (QED) is 0.162. The number of hydrogen-bond acceptors (Lipinski definition) is 3. The minimum absolute atomic E-state index is 0. The molecular weight excluding hydrogens is 926 g/mol. The van der Waals surface area contributed by atoms with Gasteiger partial charge in [0.15, 0.2) is 0 Å². The fourth-order valence-corrected chi connectivity index (χ4v) is 7.90. The molecule has 4 nitrogen and oxygen atoms in total. The first kappa shape index (κ1) is 31.5. The molecule has 304 valence electrons. The van der Waals surface area contributed by atoms with Crippen molar-refractivity contribution in [1.29, 1.82) is 0 Å². The number of nitrogens with zero attached hydrogens (tertiary/aromatic N) is 3. The molecule has 2 aromatic heterocycles. The van der Waals surface area contributed by atoms with E-state index in [4.69, 9.17) is 22.3 Å². The number of imidazole rings is 1. The van der Waals surface area contributed by atoms with Gasteiger partial charge in [-0.2, -0.15) is 0 Å². The van der Waals surface area contributed by atoms with Crippen molar-refractivity contribution < 1.29 is 38.5 Å². The van der Waals surface area contributed by atoms with Crippen molar-refractivity contribution in [3.63, 3.8) is 0 Å². The van der Waals surface area contributed by atoms with Gasteiger partial charge in [-0.25, -0.2) is 4.98 Å². The summed E-state index contributed by atoms with van der Waals surface area (Å²) in [6, 6.07) is 57.1. The van der Waals surface area contributed by atoms with Gasteiger partial charge in [0.25, 0.3) is 0 Å². The van der Waals surface area contributed by atoms with Crippen molar-refractivity contribution >= 4 is 11.0 Å². The number of phenols is 1. The molecule has 9 rings (SSSR count). The Balaban J connectivity index is 0.00000659. The number of pyridine rings is 1. The molecule has 7 aromatic carbocycles. The monoisotopic (exact) mass is 982 g/mol. The molecule has 9 aromatic rings. The maximum atomic E-state index is 11.4. The Morgan fingerprint density at radius 2 is 1.21 bits per heavy atom. The Bertz CT molecular complexity index is 3300. The second-order valence-corrected chi connectivity index (χ2v) is 16.1. The summed E-state index contributed by atoms with van der Waals surface area (Å²) in [4.78, 5) is 10.1. The van der Waals surface area contributed by atoms with E-state index < -0.39 is 26.0 Å². The molecule has 0 spiro atoms. The normalized spacial score (nSPS) is 14.5. The fourth-order valence-electron chi connectivity index (χ4n) is 7.90. The van der Waals surface area contributed by atoms with Crippen LogP contribution in [0.4, 0.5) is 0 Å². The van der Waals surface area contributed by atoms with Crippen LogP contribution in [0.15, 0.2) is 176 Å². The predicted molar refractivity (Wildman–Crippen MR) is 249 cm³/mol. The summed E-state index contributed by atoms with van der Waals surface area (Å²) in [5, 5.41) is 11.4. The number of rotatable bonds is 7. The van der Waals surface area contributed by atoms with Gasteiger partial charge in [0.2, 0.25) is 0 Å². The van der Waals surface area contributed by atoms with Gasteiger partial charge in [-0.1, -0.05) is 179 Å². The summed E-state index contributed by atoms with van der Waals surface area (Å²) in [5.74, 6) is 0.663. The van der Waals surface area contributed by atoms with Crippen LogP contribution in [0.3, 0.4) is 0 Å². The number of phenolic OH excluding ortho intramolecular Hbond substituents is 1. The molecule has 0 unspecified atom stereocenters. The first-order valence-electron chi connectivity index (χ1n) is 24.4. The zero-order valence-corrected chi connectivity index (χ0v) is 36.1. The smallest absolute Gasteiger partial charge is 0.148 e. The van der Waals surface area contributed by atoms with Gasteiger partial charge in [-0.3, -0.25) is 9.55 Å². The van der Waals surface area contributed by atoms with E-state index in [1.54, 1.807) is 36.5 Å². The largest absolute Gasteiger partial charge is 0.507 e. The Morgan fingerprint density at radius 3 is 1.92 bits per heavy atom. The summed E-state index contributed by atoms with van der Waals surface area (Å²) in [7, 11) is 0. The topological polar surface area (TPSA) is 50.9 Å². The molecule has 0 saturated carbocycles. The Kier molecular flexibility index (Phi) is 8.58. The fraction of sp³-hybridized carbons (Fsp3) is 0.143. The molecule has 2 heterocycles. The Hall–Kier alpha value is -6.35. The molecule has 0 radical (unpaired) electrons. The van der Waals surface area contributed by atoms with Crippen LogP contribution in [-0.4, -0.2) is 19.6 Å². The van der Waals surface area contributed by atoms with E-state index in [9.17, 15) is 5.11 Å². The van der Waals surface area contributed by atoms with E-state index in [0.717, 1.165) is 50.1 Å². The van der Waals surface area contributed by atoms with E-state index in [-0.39, 0.29) is 37.8 Å². The van der Waals surface area contributed by atoms with E-state index in [2.05, 4.69) is 67.8 Å². The predicted octanol–water partition coefficient (Wildman–Crippen LogP) is 14.5. The molecular formula is C56H48N3OPt-. The van der Waals surface area contributed by atoms with Gasteiger partial charge in [-0.15, -0.1) is 23.8 Å². The van der Waals surface area contributed by atoms with Crippen LogP contribution < -0.4 is 0 Å². The summed E-state index contributed by atoms with van der Waals surface area (Å²) >= 11 is 0. The summed E-state index contributed by atoms with van der Waals surface area (Å²) in [6.45, 7) is -3.50. The van der Waals surface area contributed by atoms with Crippen LogP contribution in [0.5, 0.6) is 5.75 Å². The van der Waals surface area contributed by atoms with Gasteiger partial charge in [0.1, 0.15) is 11.6 Å².